The average Bonchev–Trinajstić information content (AvgIpc) is 3.06. The molecule has 4 nitrogen and oxygen atoms in total. The Morgan fingerprint density at radius 1 is 1.20 bits per heavy atom. The molecule has 2 aromatic rings. The van der Waals surface area contributed by atoms with E-state index >= 15 is 0 Å². The Balaban J connectivity index is 1.34. The molecule has 1 saturated heterocycles. The molecule has 25 heavy (non-hydrogen) atoms. The van der Waals surface area contributed by atoms with Gasteiger partial charge in [0.15, 0.2) is 0 Å². The molecule has 1 aliphatic rings. The molecule has 0 bridgehead atoms. The van der Waals surface area contributed by atoms with Crippen LogP contribution in [0.5, 0.6) is 0 Å². The van der Waals surface area contributed by atoms with Gasteiger partial charge in [0.05, 0.1) is 0 Å². The van der Waals surface area contributed by atoms with Crippen molar-refractivity contribution in [3.05, 3.63) is 54.1 Å². The predicted octanol–water partition coefficient (Wildman–Crippen LogP) is 3.84. The van der Waals surface area contributed by atoms with Gasteiger partial charge in [0.2, 0.25) is 5.91 Å². The number of likely N-dealkylation sites (tertiary alicyclic amines) is 1. The summed E-state index contributed by atoms with van der Waals surface area (Å²) in [5, 5.41) is 0. The number of nitrogens with zero attached hydrogens (tertiary/aromatic N) is 3. The Labute approximate surface area is 150 Å². The van der Waals surface area contributed by atoms with E-state index < -0.39 is 0 Å². The van der Waals surface area contributed by atoms with Gasteiger partial charge in [-0.05, 0) is 50.5 Å². The fourth-order valence-corrected chi connectivity index (χ4v) is 3.68. The largest absolute Gasteiger partial charge is 0.343 e. The van der Waals surface area contributed by atoms with Crippen LogP contribution < -0.4 is 0 Å². The zero-order valence-electron chi connectivity index (χ0n) is 15.2. The minimum atomic E-state index is 0.333. The van der Waals surface area contributed by atoms with Crippen LogP contribution in [0.4, 0.5) is 0 Å². The molecule has 0 N–H and O–H groups in total. The van der Waals surface area contributed by atoms with Gasteiger partial charge in [-0.3, -0.25) is 4.79 Å². The van der Waals surface area contributed by atoms with Gasteiger partial charge in [-0.15, -0.1) is 0 Å². The summed E-state index contributed by atoms with van der Waals surface area (Å²) in [7, 11) is 0. The monoisotopic (exact) mass is 339 g/mol. The highest BCUT2D eigenvalue weighted by molar-refractivity contribution is 5.76. The molecule has 4 heteroatoms. The van der Waals surface area contributed by atoms with E-state index in [0.29, 0.717) is 12.3 Å². The van der Waals surface area contributed by atoms with Gasteiger partial charge in [-0.2, -0.15) is 0 Å². The highest BCUT2D eigenvalue weighted by atomic mass is 16.2. The second-order valence-corrected chi connectivity index (χ2v) is 7.12. The van der Waals surface area contributed by atoms with Crippen molar-refractivity contribution in [2.75, 3.05) is 13.1 Å². The van der Waals surface area contributed by atoms with Crippen molar-refractivity contribution in [3.8, 4) is 0 Å². The van der Waals surface area contributed by atoms with E-state index in [1.54, 1.807) is 0 Å². The van der Waals surface area contributed by atoms with Crippen molar-refractivity contribution in [1.82, 2.24) is 14.5 Å². The summed E-state index contributed by atoms with van der Waals surface area (Å²) < 4.78 is 2.22. The second kappa shape index (κ2) is 8.84. The van der Waals surface area contributed by atoms with E-state index in [9.17, 15) is 4.79 Å². The van der Waals surface area contributed by atoms with Crippen molar-refractivity contribution in [2.45, 2.75) is 52.0 Å². The molecule has 0 spiro atoms. The summed E-state index contributed by atoms with van der Waals surface area (Å²) in [6, 6.07) is 10.4. The quantitative estimate of drug-likeness (QED) is 0.768. The zero-order chi connectivity index (χ0) is 17.5. The molecule has 134 valence electrons. The smallest absolute Gasteiger partial charge is 0.222 e. The molecule has 1 amide bonds. The second-order valence-electron chi connectivity index (χ2n) is 7.12. The molecule has 3 rings (SSSR count). The number of rotatable bonds is 7. The van der Waals surface area contributed by atoms with Crippen molar-refractivity contribution in [2.24, 2.45) is 5.92 Å². The Kier molecular flexibility index (Phi) is 6.26. The average molecular weight is 339 g/mol. The van der Waals surface area contributed by atoms with E-state index in [1.807, 2.05) is 12.3 Å². The Morgan fingerprint density at radius 2 is 1.96 bits per heavy atom. The molecule has 0 radical (unpaired) electrons. The van der Waals surface area contributed by atoms with E-state index in [2.05, 4.69) is 51.8 Å². The minimum absolute atomic E-state index is 0.333. The van der Waals surface area contributed by atoms with Crippen LogP contribution in [0.3, 0.4) is 0 Å². The number of carbonyl (C=O) groups is 1. The number of aromatic nitrogens is 2. The summed E-state index contributed by atoms with van der Waals surface area (Å²) in [6.07, 6.45) is 10.0. The fraction of sp³-hybridized carbons (Fsp3) is 0.524. The highest BCUT2D eigenvalue weighted by Crippen LogP contribution is 2.22. The number of piperidine rings is 1. The first-order chi connectivity index (χ1) is 12.2. The number of aryl methyl sites for hydroxylation is 3. The molecule has 1 aromatic heterocycles. The first-order valence-electron chi connectivity index (χ1n) is 9.52. The van der Waals surface area contributed by atoms with Gasteiger partial charge < -0.3 is 9.47 Å². The van der Waals surface area contributed by atoms with E-state index in [1.165, 1.54) is 12.0 Å². The topological polar surface area (TPSA) is 38.1 Å². The Hall–Kier alpha value is -2.10. The number of benzene rings is 1. The van der Waals surface area contributed by atoms with Crippen molar-refractivity contribution < 1.29 is 4.79 Å². The predicted molar refractivity (Wildman–Crippen MR) is 100 cm³/mol. The highest BCUT2D eigenvalue weighted by Gasteiger charge is 2.22. The lowest BCUT2D eigenvalue weighted by Gasteiger charge is -2.32. The number of imidazole rings is 1. The van der Waals surface area contributed by atoms with E-state index in [4.69, 9.17) is 0 Å². The van der Waals surface area contributed by atoms with Gasteiger partial charge >= 0.3 is 0 Å². The molecule has 0 atom stereocenters. The van der Waals surface area contributed by atoms with Crippen LogP contribution in [0.2, 0.25) is 0 Å². The molecule has 1 fully saturated rings. The molecule has 0 saturated carbocycles. The summed E-state index contributed by atoms with van der Waals surface area (Å²) in [5.74, 6) is 2.15. The molecular formula is C21H29N3O. The zero-order valence-corrected chi connectivity index (χ0v) is 15.2. The lowest BCUT2D eigenvalue weighted by Crippen LogP contribution is -2.38. The Bertz CT molecular complexity index is 657. The van der Waals surface area contributed by atoms with Gasteiger partial charge in [0.25, 0.3) is 0 Å². The van der Waals surface area contributed by atoms with Crippen LogP contribution in [0, 0.1) is 12.8 Å². The lowest BCUT2D eigenvalue weighted by atomic mass is 9.93. The van der Waals surface area contributed by atoms with E-state index in [-0.39, 0.29) is 0 Å². The number of hydrogen-bond donors (Lipinski definition) is 0. The molecule has 0 aliphatic carbocycles. The van der Waals surface area contributed by atoms with Crippen LogP contribution in [0.1, 0.15) is 43.5 Å². The van der Waals surface area contributed by atoms with Crippen LogP contribution in [0.25, 0.3) is 0 Å². The van der Waals surface area contributed by atoms with Gasteiger partial charge in [0, 0.05) is 38.4 Å². The standard InChI is InChI=1S/C21H29N3O/c1-18-22-13-17-23(18)14-10-20-11-15-24(16-12-20)21(25)9-5-8-19-6-3-2-4-7-19/h2-4,6-7,13,17,20H,5,8-12,14-16H2,1H3. The first-order valence-corrected chi connectivity index (χ1v) is 9.52. The number of carbonyl (C=O) groups excluding carboxylic acids is 1. The first kappa shape index (κ1) is 17.7. The SMILES string of the molecule is Cc1nccn1CCC1CCN(C(=O)CCCc2ccccc2)CC1. The molecule has 2 heterocycles. The molecular weight excluding hydrogens is 310 g/mol. The lowest BCUT2D eigenvalue weighted by molar-refractivity contribution is -0.132. The van der Waals surface area contributed by atoms with Gasteiger partial charge in [0.1, 0.15) is 5.82 Å². The molecule has 1 aromatic carbocycles. The number of hydrogen-bond acceptors (Lipinski definition) is 2. The van der Waals surface area contributed by atoms with Crippen molar-refractivity contribution in [3.63, 3.8) is 0 Å². The van der Waals surface area contributed by atoms with Crippen molar-refractivity contribution in [1.29, 1.82) is 0 Å². The van der Waals surface area contributed by atoms with Crippen LogP contribution in [-0.2, 0) is 17.8 Å². The maximum absolute atomic E-state index is 12.4. The fourth-order valence-electron chi connectivity index (χ4n) is 3.68. The van der Waals surface area contributed by atoms with Crippen LogP contribution in [0.15, 0.2) is 42.7 Å². The minimum Gasteiger partial charge on any atom is -0.343 e. The van der Waals surface area contributed by atoms with Crippen LogP contribution >= 0.6 is 0 Å². The summed E-state index contributed by atoms with van der Waals surface area (Å²) in [6.45, 7) is 4.95. The maximum atomic E-state index is 12.4. The summed E-state index contributed by atoms with van der Waals surface area (Å²) in [5.41, 5.74) is 1.32. The van der Waals surface area contributed by atoms with Gasteiger partial charge in [-0.1, -0.05) is 30.3 Å². The Morgan fingerprint density at radius 3 is 2.64 bits per heavy atom. The van der Waals surface area contributed by atoms with Crippen molar-refractivity contribution >= 4 is 5.91 Å². The molecule has 0 unspecified atom stereocenters. The third kappa shape index (κ3) is 5.18. The third-order valence-electron chi connectivity index (χ3n) is 5.37. The normalized spacial score (nSPS) is 15.5. The van der Waals surface area contributed by atoms with E-state index in [0.717, 1.165) is 57.1 Å². The molecule has 1 aliphatic heterocycles. The maximum Gasteiger partial charge on any atom is 0.222 e. The summed E-state index contributed by atoms with van der Waals surface area (Å²) >= 11 is 0. The van der Waals surface area contributed by atoms with Gasteiger partial charge in [-0.25, -0.2) is 4.98 Å². The third-order valence-corrected chi connectivity index (χ3v) is 5.37. The number of amides is 1. The summed E-state index contributed by atoms with van der Waals surface area (Å²) in [4.78, 5) is 18.7. The van der Waals surface area contributed by atoms with Crippen LogP contribution in [-0.4, -0.2) is 33.4 Å².